The maximum Gasteiger partial charge on any atom is 0.248 e. The molecule has 2 amide bonds. The van der Waals surface area contributed by atoms with E-state index in [-0.39, 0.29) is 36.3 Å². The highest BCUT2D eigenvalue weighted by atomic mass is 32.2. The number of thiazole rings is 2. The second-order valence-corrected chi connectivity index (χ2v) is 12.7. The first-order valence-corrected chi connectivity index (χ1v) is 14.9. The van der Waals surface area contributed by atoms with Crippen LogP contribution in [-0.4, -0.2) is 65.1 Å². The number of nitrogens with one attached hydrogen (secondary N) is 1. The molecule has 0 bridgehead atoms. The Morgan fingerprint density at radius 2 is 1.97 bits per heavy atom. The average molecular weight is 534 g/mol. The molecule has 1 unspecified atom stereocenters. The van der Waals surface area contributed by atoms with E-state index in [4.69, 9.17) is 0 Å². The van der Waals surface area contributed by atoms with Crippen molar-refractivity contribution in [3.63, 3.8) is 0 Å². The number of nitrogens with zero attached hydrogens (tertiary/aromatic N) is 4. The van der Waals surface area contributed by atoms with Gasteiger partial charge in [-0.15, -0.1) is 22.7 Å². The summed E-state index contributed by atoms with van der Waals surface area (Å²) in [6.45, 7) is 0.0266. The number of carbonyl (C=O) groups is 2. The largest absolute Gasteiger partial charge is 0.328 e. The summed E-state index contributed by atoms with van der Waals surface area (Å²) in [6, 6.07) is 4.17. The molecule has 1 aromatic carbocycles. The van der Waals surface area contributed by atoms with Gasteiger partial charge in [-0.05, 0) is 30.5 Å². The molecule has 1 aliphatic heterocycles. The summed E-state index contributed by atoms with van der Waals surface area (Å²) >= 11 is 2.70. The number of piperazine rings is 1. The molecule has 1 atom stereocenters. The lowest BCUT2D eigenvalue weighted by Gasteiger charge is -2.39. The Bertz CT molecular complexity index is 1300. The first kappa shape index (κ1) is 24.3. The molecule has 0 spiro atoms. The van der Waals surface area contributed by atoms with Crippen molar-refractivity contribution in [2.75, 3.05) is 25.0 Å². The maximum absolute atomic E-state index is 13.3. The summed E-state index contributed by atoms with van der Waals surface area (Å²) in [4.78, 5) is 36.6. The van der Waals surface area contributed by atoms with Gasteiger partial charge < -0.3 is 10.2 Å². The quantitative estimate of drug-likeness (QED) is 0.497. The van der Waals surface area contributed by atoms with E-state index in [0.717, 1.165) is 35.9 Å². The SMILES string of the molecule is O=C(Nc1nccs1)C(CC1CCCCC1)N1CCN(S(=O)(=O)c2ccc3ncsc3c2)CC1=O. The molecule has 1 N–H and O–H groups in total. The van der Waals surface area contributed by atoms with Gasteiger partial charge in [0.15, 0.2) is 5.13 Å². The zero-order valence-electron chi connectivity index (χ0n) is 19.1. The first-order chi connectivity index (χ1) is 16.9. The summed E-state index contributed by atoms with van der Waals surface area (Å²) < 4.78 is 28.6. The van der Waals surface area contributed by atoms with Crippen LogP contribution < -0.4 is 5.32 Å². The molecule has 2 fully saturated rings. The number of aromatic nitrogens is 2. The van der Waals surface area contributed by atoms with Gasteiger partial charge in [-0.2, -0.15) is 4.31 Å². The minimum atomic E-state index is -3.85. The van der Waals surface area contributed by atoms with Crippen LogP contribution in [0.4, 0.5) is 5.13 Å². The van der Waals surface area contributed by atoms with Crippen LogP contribution in [0.3, 0.4) is 0 Å². The Morgan fingerprint density at radius 3 is 2.71 bits per heavy atom. The summed E-state index contributed by atoms with van der Waals surface area (Å²) in [6.07, 6.45) is 7.76. The number of hydrogen-bond acceptors (Lipinski definition) is 8. The fourth-order valence-corrected chi connectivity index (χ4v) is 7.66. The molecule has 2 aromatic heterocycles. The monoisotopic (exact) mass is 533 g/mol. The van der Waals surface area contributed by atoms with Gasteiger partial charge in [-0.1, -0.05) is 32.1 Å². The standard InChI is InChI=1S/C23H27N5O4S3/c29-21-14-27(35(31,32)17-6-7-18-20(13-17)34-15-25-18)9-10-28(21)19(12-16-4-2-1-3-5-16)22(30)26-23-24-8-11-33-23/h6-8,11,13,15-16,19H,1-5,9-10,12,14H2,(H,24,26,30). The van der Waals surface area contributed by atoms with E-state index >= 15 is 0 Å². The fourth-order valence-electron chi connectivity index (χ4n) is 4.93. The van der Waals surface area contributed by atoms with Crippen LogP contribution in [0, 0.1) is 5.92 Å². The van der Waals surface area contributed by atoms with Crippen molar-refractivity contribution < 1.29 is 18.0 Å². The molecule has 1 saturated heterocycles. The van der Waals surface area contributed by atoms with Crippen molar-refractivity contribution >= 4 is 59.9 Å². The predicted molar refractivity (Wildman–Crippen MR) is 136 cm³/mol. The normalized spacial score (nSPS) is 19.2. The average Bonchev–Trinajstić information content (AvgIpc) is 3.55. The Kier molecular flexibility index (Phi) is 7.14. The Balaban J connectivity index is 1.33. The lowest BCUT2D eigenvalue weighted by atomic mass is 9.84. The topological polar surface area (TPSA) is 113 Å². The lowest BCUT2D eigenvalue weighted by Crippen LogP contribution is -2.58. The zero-order chi connectivity index (χ0) is 24.4. The molecule has 5 rings (SSSR count). The van der Waals surface area contributed by atoms with Crippen molar-refractivity contribution in [1.29, 1.82) is 0 Å². The van der Waals surface area contributed by atoms with E-state index in [1.807, 2.05) is 0 Å². The minimum Gasteiger partial charge on any atom is -0.328 e. The van der Waals surface area contributed by atoms with Crippen molar-refractivity contribution in [1.82, 2.24) is 19.2 Å². The highest BCUT2D eigenvalue weighted by molar-refractivity contribution is 7.89. The van der Waals surface area contributed by atoms with Gasteiger partial charge in [-0.3, -0.25) is 9.59 Å². The molecule has 186 valence electrons. The van der Waals surface area contributed by atoms with E-state index < -0.39 is 16.1 Å². The fraction of sp³-hybridized carbons (Fsp3) is 0.478. The van der Waals surface area contributed by atoms with Crippen molar-refractivity contribution in [3.8, 4) is 0 Å². The van der Waals surface area contributed by atoms with E-state index in [1.165, 1.54) is 39.5 Å². The van der Waals surface area contributed by atoms with E-state index in [0.29, 0.717) is 17.5 Å². The van der Waals surface area contributed by atoms with Gasteiger partial charge in [0, 0.05) is 24.7 Å². The van der Waals surface area contributed by atoms with Gasteiger partial charge in [0.1, 0.15) is 6.04 Å². The number of rotatable bonds is 7. The van der Waals surface area contributed by atoms with Gasteiger partial charge in [-0.25, -0.2) is 18.4 Å². The molecule has 2 aliphatic rings. The zero-order valence-corrected chi connectivity index (χ0v) is 21.6. The van der Waals surface area contributed by atoms with Crippen LogP contribution in [-0.2, 0) is 19.6 Å². The molecule has 1 saturated carbocycles. The second-order valence-electron chi connectivity index (χ2n) is 8.99. The van der Waals surface area contributed by atoms with Gasteiger partial charge >= 0.3 is 0 Å². The van der Waals surface area contributed by atoms with Crippen molar-refractivity contribution in [3.05, 3.63) is 35.3 Å². The first-order valence-electron chi connectivity index (χ1n) is 11.7. The van der Waals surface area contributed by atoms with Crippen molar-refractivity contribution in [2.24, 2.45) is 5.92 Å². The van der Waals surface area contributed by atoms with Gasteiger partial charge in [0.05, 0.1) is 27.2 Å². The molecule has 1 aliphatic carbocycles. The van der Waals surface area contributed by atoms with E-state index in [9.17, 15) is 18.0 Å². The van der Waals surface area contributed by atoms with Crippen molar-refractivity contribution in [2.45, 2.75) is 49.5 Å². The molecule has 12 heteroatoms. The smallest absolute Gasteiger partial charge is 0.248 e. The Morgan fingerprint density at radius 1 is 1.14 bits per heavy atom. The maximum atomic E-state index is 13.3. The number of anilines is 1. The third kappa shape index (κ3) is 5.25. The van der Waals surface area contributed by atoms with Crippen LogP contribution in [0.1, 0.15) is 38.5 Å². The van der Waals surface area contributed by atoms with E-state index in [1.54, 1.807) is 34.1 Å². The van der Waals surface area contributed by atoms with Gasteiger partial charge in [0.25, 0.3) is 0 Å². The summed E-state index contributed by atoms with van der Waals surface area (Å²) in [5.74, 6) is -0.240. The number of sulfonamides is 1. The third-order valence-corrected chi connectivity index (χ3v) is 10.1. The lowest BCUT2D eigenvalue weighted by molar-refractivity contribution is -0.142. The molecule has 9 nitrogen and oxygen atoms in total. The highest BCUT2D eigenvalue weighted by Gasteiger charge is 2.39. The van der Waals surface area contributed by atoms with Gasteiger partial charge in [0.2, 0.25) is 21.8 Å². The third-order valence-electron chi connectivity index (χ3n) is 6.79. The number of fused-ring (bicyclic) bond motifs is 1. The predicted octanol–water partition coefficient (Wildman–Crippen LogP) is 3.56. The minimum absolute atomic E-state index is 0.139. The Hall–Kier alpha value is -2.41. The molecule has 35 heavy (non-hydrogen) atoms. The number of amides is 2. The van der Waals surface area contributed by atoms with Crippen LogP contribution >= 0.6 is 22.7 Å². The second kappa shape index (κ2) is 10.3. The molecule has 0 radical (unpaired) electrons. The molecular weight excluding hydrogens is 506 g/mol. The van der Waals surface area contributed by atoms with E-state index in [2.05, 4.69) is 15.3 Å². The van der Waals surface area contributed by atoms with Crippen LogP contribution in [0.25, 0.3) is 10.2 Å². The Labute approximate surface area is 212 Å². The summed E-state index contributed by atoms with van der Waals surface area (Å²) in [5.41, 5.74) is 2.42. The van der Waals surface area contributed by atoms with Crippen LogP contribution in [0.15, 0.2) is 40.2 Å². The van der Waals surface area contributed by atoms with Crippen LogP contribution in [0.2, 0.25) is 0 Å². The molecule has 3 aromatic rings. The molecule has 3 heterocycles. The number of benzene rings is 1. The summed E-state index contributed by atoms with van der Waals surface area (Å²) in [7, 11) is -3.85. The van der Waals surface area contributed by atoms with Crippen LogP contribution in [0.5, 0.6) is 0 Å². The number of carbonyl (C=O) groups excluding carboxylic acids is 2. The summed E-state index contributed by atoms with van der Waals surface area (Å²) in [5, 5.41) is 5.13. The number of hydrogen-bond donors (Lipinski definition) is 1. The molecular formula is C23H27N5O4S3. The highest BCUT2D eigenvalue weighted by Crippen LogP contribution is 2.31.